The van der Waals surface area contributed by atoms with E-state index in [2.05, 4.69) is 10.2 Å². The first-order valence-electron chi connectivity index (χ1n) is 11.3. The predicted molar refractivity (Wildman–Crippen MR) is 129 cm³/mol. The first-order chi connectivity index (χ1) is 17.3. The lowest BCUT2D eigenvalue weighted by atomic mass is 10.1. The largest absolute Gasteiger partial charge is 0.497 e. The molecule has 2 amide bonds. The molecule has 2 heterocycles. The number of urea groups is 1. The third-order valence-corrected chi connectivity index (χ3v) is 6.05. The minimum absolute atomic E-state index is 0.0991. The van der Waals surface area contributed by atoms with Gasteiger partial charge in [-0.25, -0.2) is 9.79 Å². The number of aliphatic imine (C=N–C) groups is 1. The SMILES string of the molecule is COc1ccc2c(c1)Oc1ccccc1N=C2N1CCN(C(=O)Nc2cccc(C(F)(F)F)c2)CC1. The number of methoxy groups -OCH3 is 1. The summed E-state index contributed by atoms with van der Waals surface area (Å²) in [7, 11) is 1.59. The van der Waals surface area contributed by atoms with E-state index >= 15 is 0 Å². The second kappa shape index (κ2) is 9.44. The topological polar surface area (TPSA) is 66.4 Å². The lowest BCUT2D eigenvalue weighted by Gasteiger charge is -2.36. The maximum Gasteiger partial charge on any atom is 0.416 e. The van der Waals surface area contributed by atoms with Gasteiger partial charge in [0.25, 0.3) is 0 Å². The van der Waals surface area contributed by atoms with Crippen LogP contribution in [0.15, 0.2) is 71.7 Å². The molecule has 0 atom stereocenters. The van der Waals surface area contributed by atoms with E-state index in [4.69, 9.17) is 14.5 Å². The Morgan fingerprint density at radius 2 is 1.75 bits per heavy atom. The standard InChI is InChI=1S/C26H23F3N4O3/c1-35-19-9-10-20-23(16-19)36-22-8-3-2-7-21(22)31-24(20)32-11-13-33(14-12-32)25(34)30-18-6-4-5-17(15-18)26(27,28)29/h2-10,15-16H,11-14H2,1H3,(H,30,34). The van der Waals surface area contributed by atoms with E-state index in [1.54, 1.807) is 12.0 Å². The molecule has 1 saturated heterocycles. The Morgan fingerprint density at radius 3 is 2.50 bits per heavy atom. The number of carbonyl (C=O) groups excluding carboxylic acids is 1. The van der Waals surface area contributed by atoms with Gasteiger partial charge in [0, 0.05) is 37.9 Å². The number of rotatable bonds is 2. The minimum Gasteiger partial charge on any atom is -0.497 e. The van der Waals surface area contributed by atoms with Crippen LogP contribution in [0.4, 0.5) is 29.3 Å². The molecule has 1 fully saturated rings. The number of benzene rings is 3. The van der Waals surface area contributed by atoms with Crippen LogP contribution in [0.2, 0.25) is 0 Å². The highest BCUT2D eigenvalue weighted by Crippen LogP contribution is 2.39. The van der Waals surface area contributed by atoms with Gasteiger partial charge < -0.3 is 24.6 Å². The number of para-hydroxylation sites is 2. The first kappa shape index (κ1) is 23.5. The molecule has 3 aromatic carbocycles. The van der Waals surface area contributed by atoms with E-state index in [0.717, 1.165) is 23.5 Å². The number of nitrogens with one attached hydrogen (secondary N) is 1. The van der Waals surface area contributed by atoms with Crippen molar-refractivity contribution in [1.29, 1.82) is 0 Å². The van der Waals surface area contributed by atoms with Gasteiger partial charge in [0.2, 0.25) is 0 Å². The number of carbonyl (C=O) groups is 1. The van der Waals surface area contributed by atoms with E-state index < -0.39 is 17.8 Å². The third-order valence-electron chi connectivity index (χ3n) is 6.05. The van der Waals surface area contributed by atoms with Crippen LogP contribution in [0.3, 0.4) is 0 Å². The molecule has 0 saturated carbocycles. The van der Waals surface area contributed by atoms with Gasteiger partial charge in [-0.2, -0.15) is 13.2 Å². The average Bonchev–Trinajstić information content (AvgIpc) is 3.04. The second-order valence-electron chi connectivity index (χ2n) is 8.35. The van der Waals surface area contributed by atoms with E-state index in [1.165, 1.54) is 12.1 Å². The molecule has 0 spiro atoms. The zero-order chi connectivity index (χ0) is 25.3. The van der Waals surface area contributed by atoms with Crippen molar-refractivity contribution in [2.24, 2.45) is 4.99 Å². The summed E-state index contributed by atoms with van der Waals surface area (Å²) >= 11 is 0. The van der Waals surface area contributed by atoms with Crippen molar-refractivity contribution in [2.45, 2.75) is 6.18 Å². The van der Waals surface area contributed by atoms with E-state index in [0.29, 0.717) is 49.1 Å². The Kier molecular flexibility index (Phi) is 6.17. The van der Waals surface area contributed by atoms with Crippen LogP contribution < -0.4 is 14.8 Å². The van der Waals surface area contributed by atoms with Crippen LogP contribution in [-0.4, -0.2) is 55.0 Å². The number of hydrogen-bond acceptors (Lipinski definition) is 5. The van der Waals surface area contributed by atoms with Crippen LogP contribution in [0.25, 0.3) is 0 Å². The predicted octanol–water partition coefficient (Wildman–Crippen LogP) is 5.75. The van der Waals surface area contributed by atoms with Gasteiger partial charge in [-0.1, -0.05) is 18.2 Å². The molecule has 2 aliphatic heterocycles. The zero-order valence-corrected chi connectivity index (χ0v) is 19.4. The number of hydrogen-bond donors (Lipinski definition) is 1. The van der Waals surface area contributed by atoms with Gasteiger partial charge in [-0.3, -0.25) is 0 Å². The fourth-order valence-corrected chi connectivity index (χ4v) is 4.17. The molecule has 186 valence electrons. The molecule has 0 aromatic heterocycles. The molecular formula is C26H23F3N4O3. The van der Waals surface area contributed by atoms with Crippen LogP contribution in [0, 0.1) is 0 Å². The van der Waals surface area contributed by atoms with Crippen molar-refractivity contribution >= 4 is 23.2 Å². The number of ether oxygens (including phenoxy) is 2. The lowest BCUT2D eigenvalue weighted by molar-refractivity contribution is -0.137. The Balaban J connectivity index is 1.33. The fourth-order valence-electron chi connectivity index (χ4n) is 4.17. The lowest BCUT2D eigenvalue weighted by Crippen LogP contribution is -2.51. The smallest absolute Gasteiger partial charge is 0.416 e. The number of anilines is 1. The molecule has 7 nitrogen and oxygen atoms in total. The highest BCUT2D eigenvalue weighted by atomic mass is 19.4. The maximum atomic E-state index is 13.0. The van der Waals surface area contributed by atoms with Gasteiger partial charge in [-0.15, -0.1) is 0 Å². The van der Waals surface area contributed by atoms with Crippen LogP contribution >= 0.6 is 0 Å². The first-order valence-corrected chi connectivity index (χ1v) is 11.3. The van der Waals surface area contributed by atoms with Crippen LogP contribution in [-0.2, 0) is 6.18 Å². The molecule has 2 aliphatic rings. The highest BCUT2D eigenvalue weighted by molar-refractivity contribution is 6.04. The van der Waals surface area contributed by atoms with Crippen LogP contribution in [0.1, 0.15) is 11.1 Å². The zero-order valence-electron chi connectivity index (χ0n) is 19.4. The Labute approximate surface area is 205 Å². The van der Waals surface area contributed by atoms with Gasteiger partial charge in [-0.05, 0) is 42.5 Å². The highest BCUT2D eigenvalue weighted by Gasteiger charge is 2.31. The molecule has 0 aliphatic carbocycles. The van der Waals surface area contributed by atoms with Crippen molar-refractivity contribution in [3.05, 3.63) is 77.9 Å². The summed E-state index contributed by atoms with van der Waals surface area (Å²) < 4.78 is 50.5. The summed E-state index contributed by atoms with van der Waals surface area (Å²) in [6.07, 6.45) is -4.48. The summed E-state index contributed by atoms with van der Waals surface area (Å²) in [5, 5.41) is 2.57. The number of alkyl halides is 3. The van der Waals surface area contributed by atoms with Gasteiger partial charge in [0.1, 0.15) is 23.0 Å². The summed E-state index contributed by atoms with van der Waals surface area (Å²) in [5.41, 5.74) is 0.776. The van der Waals surface area contributed by atoms with Gasteiger partial charge in [0.15, 0.2) is 5.75 Å². The van der Waals surface area contributed by atoms with Gasteiger partial charge >= 0.3 is 12.2 Å². The van der Waals surface area contributed by atoms with Crippen molar-refractivity contribution in [2.75, 3.05) is 38.6 Å². The van der Waals surface area contributed by atoms with Crippen molar-refractivity contribution < 1.29 is 27.4 Å². The molecule has 0 bridgehead atoms. The van der Waals surface area contributed by atoms with Crippen LogP contribution in [0.5, 0.6) is 17.2 Å². The molecular weight excluding hydrogens is 473 g/mol. The van der Waals surface area contributed by atoms with Crippen molar-refractivity contribution in [3.8, 4) is 17.2 Å². The number of fused-ring (bicyclic) bond motifs is 2. The Morgan fingerprint density at radius 1 is 0.972 bits per heavy atom. The van der Waals surface area contributed by atoms with Gasteiger partial charge in [0.05, 0.1) is 18.2 Å². The van der Waals surface area contributed by atoms with E-state index in [-0.39, 0.29) is 5.69 Å². The molecule has 5 rings (SSSR count). The molecule has 1 N–H and O–H groups in total. The van der Waals surface area contributed by atoms with Crippen molar-refractivity contribution in [3.63, 3.8) is 0 Å². The average molecular weight is 496 g/mol. The second-order valence-corrected chi connectivity index (χ2v) is 8.35. The molecule has 36 heavy (non-hydrogen) atoms. The molecule has 0 radical (unpaired) electrons. The number of nitrogens with zero attached hydrogens (tertiary/aromatic N) is 3. The Bertz CT molecular complexity index is 1320. The summed E-state index contributed by atoms with van der Waals surface area (Å²) in [5.74, 6) is 2.61. The van der Waals surface area contributed by atoms with E-state index in [1.807, 2.05) is 42.5 Å². The summed E-state index contributed by atoms with van der Waals surface area (Å²) in [6, 6.07) is 17.2. The van der Waals surface area contributed by atoms with E-state index in [9.17, 15) is 18.0 Å². The number of halogens is 3. The number of piperazine rings is 1. The minimum atomic E-state index is -4.48. The quantitative estimate of drug-likeness (QED) is 0.491. The monoisotopic (exact) mass is 496 g/mol. The summed E-state index contributed by atoms with van der Waals surface area (Å²) in [4.78, 5) is 21.3. The molecule has 0 unspecified atom stereocenters. The third kappa shape index (κ3) is 4.79. The van der Waals surface area contributed by atoms with Crippen molar-refractivity contribution in [1.82, 2.24) is 9.80 Å². The summed E-state index contributed by atoms with van der Waals surface area (Å²) in [6.45, 7) is 1.72. The molecule has 3 aromatic rings. The Hall–Kier alpha value is -4.21. The normalized spacial score (nSPS) is 15.2. The number of amidine groups is 1. The number of amides is 2. The fraction of sp³-hybridized carbons (Fsp3) is 0.231. The molecule has 10 heteroatoms. The maximum absolute atomic E-state index is 13.0.